The smallest absolute Gasteiger partial charge is 0.303 e. The Labute approximate surface area is 220 Å². The molecule has 2 aromatic rings. The normalized spacial score (nSPS) is 22.9. The first-order valence-electron chi connectivity index (χ1n) is 13.8. The van der Waals surface area contributed by atoms with Crippen molar-refractivity contribution in [1.82, 2.24) is 4.90 Å². The van der Waals surface area contributed by atoms with E-state index in [1.165, 1.54) is 25.7 Å². The molecule has 6 heteroatoms. The molecule has 37 heavy (non-hydrogen) atoms. The second kappa shape index (κ2) is 14.4. The van der Waals surface area contributed by atoms with Gasteiger partial charge in [-0.15, -0.1) is 0 Å². The number of ether oxygens (including phenoxy) is 2. The Morgan fingerprint density at radius 1 is 0.946 bits per heavy atom. The average Bonchev–Trinajstić information content (AvgIpc) is 3.12. The Kier molecular flexibility index (Phi) is 10.7. The number of allylic oxidation sites excluding steroid dienone is 1. The van der Waals surface area contributed by atoms with E-state index in [1.54, 1.807) is 0 Å². The zero-order valence-corrected chi connectivity index (χ0v) is 21.8. The van der Waals surface area contributed by atoms with Gasteiger partial charge in [-0.2, -0.15) is 0 Å². The molecule has 1 saturated carbocycles. The third-order valence-corrected chi connectivity index (χ3v) is 7.60. The molecule has 200 valence electrons. The van der Waals surface area contributed by atoms with Crippen molar-refractivity contribution in [1.29, 1.82) is 0 Å². The van der Waals surface area contributed by atoms with Crippen molar-refractivity contribution in [2.24, 2.45) is 0 Å². The van der Waals surface area contributed by atoms with Crippen molar-refractivity contribution in [3.05, 3.63) is 71.8 Å². The van der Waals surface area contributed by atoms with E-state index in [9.17, 15) is 9.90 Å². The van der Waals surface area contributed by atoms with Crippen molar-refractivity contribution in [3.8, 4) is 11.1 Å². The van der Waals surface area contributed by atoms with E-state index in [2.05, 4.69) is 29.2 Å². The van der Waals surface area contributed by atoms with Gasteiger partial charge in [-0.3, -0.25) is 9.69 Å². The van der Waals surface area contributed by atoms with E-state index < -0.39 is 5.97 Å². The van der Waals surface area contributed by atoms with Crippen LogP contribution in [0, 0.1) is 0 Å². The summed E-state index contributed by atoms with van der Waals surface area (Å²) in [6.07, 6.45) is 11.7. The molecule has 1 aliphatic carbocycles. The Morgan fingerprint density at radius 3 is 2.43 bits per heavy atom. The number of carboxylic acid groups (broad SMARTS) is 1. The summed E-state index contributed by atoms with van der Waals surface area (Å²) >= 11 is 0. The van der Waals surface area contributed by atoms with Crippen LogP contribution in [0.5, 0.6) is 0 Å². The minimum atomic E-state index is -0.776. The van der Waals surface area contributed by atoms with E-state index in [1.807, 2.05) is 36.4 Å². The lowest BCUT2D eigenvalue weighted by molar-refractivity contribution is -0.136. The van der Waals surface area contributed by atoms with E-state index in [4.69, 9.17) is 14.6 Å². The fourth-order valence-electron chi connectivity index (χ4n) is 5.61. The summed E-state index contributed by atoms with van der Waals surface area (Å²) in [5.74, 6) is -0.776. The number of carboxylic acids is 1. The summed E-state index contributed by atoms with van der Waals surface area (Å²) < 4.78 is 12.9. The number of carbonyl (C=O) groups is 1. The van der Waals surface area contributed by atoms with Gasteiger partial charge in [0.05, 0.1) is 32.0 Å². The number of aliphatic hydroxyl groups excluding tert-OH is 1. The molecule has 4 rings (SSSR count). The highest BCUT2D eigenvalue weighted by molar-refractivity contribution is 5.67. The summed E-state index contributed by atoms with van der Waals surface area (Å²) in [6, 6.07) is 16.7. The molecule has 1 saturated heterocycles. The van der Waals surface area contributed by atoms with Crippen LogP contribution >= 0.6 is 0 Å². The number of rotatable bonds is 12. The second-order valence-electron chi connectivity index (χ2n) is 10.2. The van der Waals surface area contributed by atoms with Crippen LogP contribution in [-0.2, 0) is 27.5 Å². The maximum atomic E-state index is 10.7. The Morgan fingerprint density at radius 2 is 1.70 bits per heavy atom. The highest BCUT2D eigenvalue weighted by Crippen LogP contribution is 2.32. The fraction of sp³-hybridized carbons (Fsp3) is 0.516. The Balaban J connectivity index is 1.37. The molecule has 0 spiro atoms. The van der Waals surface area contributed by atoms with Gasteiger partial charge in [-0.25, -0.2) is 0 Å². The van der Waals surface area contributed by atoms with Crippen LogP contribution < -0.4 is 0 Å². The zero-order valence-electron chi connectivity index (χ0n) is 21.8. The number of hydrogen-bond donors (Lipinski definition) is 2. The lowest BCUT2D eigenvalue weighted by Gasteiger charge is -2.33. The number of aliphatic carboxylic acids is 1. The largest absolute Gasteiger partial charge is 0.481 e. The van der Waals surface area contributed by atoms with E-state index in [0.717, 1.165) is 48.2 Å². The lowest BCUT2D eigenvalue weighted by atomic mass is 9.99. The number of likely N-dealkylation sites (tertiary alicyclic amines) is 1. The molecular weight excluding hydrogens is 466 g/mol. The topological polar surface area (TPSA) is 79.2 Å². The molecular formula is C31H41NO5. The van der Waals surface area contributed by atoms with Gasteiger partial charge in [0, 0.05) is 12.5 Å². The van der Waals surface area contributed by atoms with E-state index in [-0.39, 0.29) is 25.2 Å². The van der Waals surface area contributed by atoms with Gasteiger partial charge in [-0.05, 0) is 67.4 Å². The number of hydrogen-bond acceptors (Lipinski definition) is 5. The highest BCUT2D eigenvalue weighted by Gasteiger charge is 2.40. The van der Waals surface area contributed by atoms with Crippen molar-refractivity contribution in [3.63, 3.8) is 0 Å². The van der Waals surface area contributed by atoms with Gasteiger partial charge in [0.15, 0.2) is 0 Å². The molecule has 2 N–H and O–H groups in total. The molecule has 0 unspecified atom stereocenters. The Hall–Kier alpha value is -2.51. The number of benzene rings is 2. The maximum Gasteiger partial charge on any atom is 0.303 e. The summed E-state index contributed by atoms with van der Waals surface area (Å²) in [5, 5.41) is 18.5. The standard InChI is InChI=1S/C31H41NO5/c33-22-26-10-5-6-11-27(26)25-15-13-24(14-16-25)23-37-29-18-17-28(32-19-7-1-2-8-20-32)31(29)36-21-9-3-4-12-30(34)35/h3,5-6,9-11,13-16,28-29,31,33H,1-2,4,7-8,12,17-23H2,(H,34,35)/t28-,29-,31+/m0/s1. The number of aliphatic hydroxyl groups is 1. The van der Waals surface area contributed by atoms with Crippen LogP contribution in [0.4, 0.5) is 0 Å². The SMILES string of the molecule is O=C(O)CCC=CCO[C@H]1[C@@H](OCc2ccc(-c3ccccc3CO)cc2)CC[C@@H]1N1CCCCCC1. The zero-order chi connectivity index (χ0) is 25.9. The maximum absolute atomic E-state index is 10.7. The molecule has 0 bridgehead atoms. The minimum Gasteiger partial charge on any atom is -0.481 e. The van der Waals surface area contributed by atoms with Crippen molar-refractivity contribution >= 4 is 5.97 Å². The van der Waals surface area contributed by atoms with Gasteiger partial charge >= 0.3 is 5.97 Å². The number of nitrogens with zero attached hydrogens (tertiary/aromatic N) is 1. The lowest BCUT2D eigenvalue weighted by Crippen LogP contribution is -2.45. The van der Waals surface area contributed by atoms with Crippen molar-refractivity contribution < 1.29 is 24.5 Å². The van der Waals surface area contributed by atoms with Crippen LogP contribution in [0.25, 0.3) is 11.1 Å². The van der Waals surface area contributed by atoms with Gasteiger partial charge in [-0.1, -0.05) is 73.5 Å². The molecule has 6 nitrogen and oxygen atoms in total. The minimum absolute atomic E-state index is 0.0120. The predicted molar refractivity (Wildman–Crippen MR) is 145 cm³/mol. The van der Waals surface area contributed by atoms with Gasteiger partial charge in [0.1, 0.15) is 0 Å². The third kappa shape index (κ3) is 7.99. The molecule has 2 fully saturated rings. The molecule has 0 aromatic heterocycles. The first-order chi connectivity index (χ1) is 18.2. The first kappa shape index (κ1) is 27.5. The third-order valence-electron chi connectivity index (χ3n) is 7.60. The molecule has 0 amide bonds. The van der Waals surface area contributed by atoms with E-state index in [0.29, 0.717) is 25.7 Å². The molecule has 2 aromatic carbocycles. The molecule has 1 aliphatic heterocycles. The Bertz CT molecular complexity index is 997. The monoisotopic (exact) mass is 507 g/mol. The molecule has 1 heterocycles. The molecule has 0 radical (unpaired) electrons. The van der Waals surface area contributed by atoms with E-state index >= 15 is 0 Å². The molecule has 2 aliphatic rings. The summed E-state index contributed by atoms with van der Waals surface area (Å²) in [4.78, 5) is 13.4. The van der Waals surface area contributed by atoms with Gasteiger partial charge in [0.2, 0.25) is 0 Å². The first-order valence-corrected chi connectivity index (χ1v) is 13.8. The van der Waals surface area contributed by atoms with Crippen molar-refractivity contribution in [2.75, 3.05) is 19.7 Å². The van der Waals surface area contributed by atoms with Gasteiger partial charge in [0.25, 0.3) is 0 Å². The van der Waals surface area contributed by atoms with Crippen LogP contribution in [0.1, 0.15) is 62.5 Å². The quantitative estimate of drug-likeness (QED) is 0.366. The summed E-state index contributed by atoms with van der Waals surface area (Å²) in [7, 11) is 0. The molecule has 3 atom stereocenters. The van der Waals surface area contributed by atoms with Crippen LogP contribution in [-0.4, -0.2) is 59.0 Å². The van der Waals surface area contributed by atoms with Crippen molar-refractivity contribution in [2.45, 2.75) is 82.8 Å². The van der Waals surface area contributed by atoms with Crippen LogP contribution in [0.3, 0.4) is 0 Å². The average molecular weight is 508 g/mol. The highest BCUT2D eigenvalue weighted by atomic mass is 16.5. The summed E-state index contributed by atoms with van der Waals surface area (Å²) in [6.45, 7) is 3.29. The predicted octanol–water partition coefficient (Wildman–Crippen LogP) is 5.58. The second-order valence-corrected chi connectivity index (χ2v) is 10.2. The van der Waals surface area contributed by atoms with Gasteiger partial charge < -0.3 is 19.7 Å². The van der Waals surface area contributed by atoms with Crippen LogP contribution in [0.2, 0.25) is 0 Å². The summed E-state index contributed by atoms with van der Waals surface area (Å²) in [5.41, 5.74) is 4.19. The van der Waals surface area contributed by atoms with Crippen LogP contribution in [0.15, 0.2) is 60.7 Å². The fourth-order valence-corrected chi connectivity index (χ4v) is 5.61.